The summed E-state index contributed by atoms with van der Waals surface area (Å²) >= 11 is 0. The number of aryl methyl sites for hydroxylation is 2. The van der Waals surface area contributed by atoms with Gasteiger partial charge in [0.05, 0.1) is 7.11 Å². The second kappa shape index (κ2) is 10.4. The zero-order valence-corrected chi connectivity index (χ0v) is 18.0. The smallest absolute Gasteiger partial charge is 0.275 e. The number of carbonyl (C=O) groups excluding carboxylic acids is 1. The summed E-state index contributed by atoms with van der Waals surface area (Å²) in [5.41, 5.74) is 5.15. The fourth-order valence-corrected chi connectivity index (χ4v) is 4.14. The van der Waals surface area contributed by atoms with E-state index in [1.165, 1.54) is 27.2 Å². The van der Waals surface area contributed by atoms with Crippen LogP contribution >= 0.6 is 0 Å². The quantitative estimate of drug-likeness (QED) is 0.585. The van der Waals surface area contributed by atoms with Crippen molar-refractivity contribution in [2.24, 2.45) is 0 Å². The third kappa shape index (κ3) is 6.31. The van der Waals surface area contributed by atoms with Gasteiger partial charge in [-0.3, -0.25) is 4.79 Å². The van der Waals surface area contributed by atoms with Crippen LogP contribution in [0.25, 0.3) is 0 Å². The van der Waals surface area contributed by atoms with Crippen molar-refractivity contribution in [1.82, 2.24) is 5.32 Å². The summed E-state index contributed by atoms with van der Waals surface area (Å²) < 4.78 is 5.52. The Hall–Kier alpha value is -2.37. The molecule has 156 valence electrons. The molecule has 0 bridgehead atoms. The van der Waals surface area contributed by atoms with Crippen LogP contribution in [0.1, 0.15) is 22.3 Å². The molecule has 0 aliphatic carbocycles. The largest absolute Gasteiger partial charge is 0.496 e. The Labute approximate surface area is 174 Å². The normalized spacial score (nSPS) is 19.0. The number of benzene rings is 2. The lowest BCUT2D eigenvalue weighted by atomic mass is 10.1. The molecule has 1 fully saturated rings. The number of hydrogen-bond acceptors (Lipinski definition) is 2. The van der Waals surface area contributed by atoms with Crippen LogP contribution in [0.4, 0.5) is 0 Å². The molecule has 0 unspecified atom stereocenters. The van der Waals surface area contributed by atoms with E-state index in [2.05, 4.69) is 61.6 Å². The van der Waals surface area contributed by atoms with Crippen LogP contribution in [-0.4, -0.2) is 52.3 Å². The van der Waals surface area contributed by atoms with Gasteiger partial charge >= 0.3 is 0 Å². The number of carbonyl (C=O) groups is 1. The van der Waals surface area contributed by atoms with Crippen molar-refractivity contribution in [3.63, 3.8) is 0 Å². The topological polar surface area (TPSA) is 47.2 Å². The van der Waals surface area contributed by atoms with E-state index in [0.29, 0.717) is 13.1 Å². The van der Waals surface area contributed by atoms with Crippen molar-refractivity contribution in [3.05, 3.63) is 64.7 Å². The van der Waals surface area contributed by atoms with Crippen molar-refractivity contribution in [2.45, 2.75) is 26.8 Å². The molecule has 1 aliphatic rings. The van der Waals surface area contributed by atoms with Crippen LogP contribution in [0.2, 0.25) is 0 Å². The van der Waals surface area contributed by atoms with Gasteiger partial charge in [-0.25, -0.2) is 0 Å². The van der Waals surface area contributed by atoms with Gasteiger partial charge in [0.15, 0.2) is 6.54 Å². The molecule has 0 aromatic heterocycles. The van der Waals surface area contributed by atoms with Crippen LogP contribution in [0, 0.1) is 13.8 Å². The lowest BCUT2D eigenvalue weighted by Crippen LogP contribution is -3.28. The first kappa shape index (κ1) is 21.3. The number of quaternary nitrogens is 2. The van der Waals surface area contributed by atoms with Crippen molar-refractivity contribution in [1.29, 1.82) is 0 Å². The fourth-order valence-electron chi connectivity index (χ4n) is 4.14. The maximum atomic E-state index is 12.3. The van der Waals surface area contributed by atoms with Crippen LogP contribution in [0.5, 0.6) is 5.75 Å². The highest BCUT2D eigenvalue weighted by molar-refractivity contribution is 5.76. The molecule has 1 heterocycles. The molecule has 0 atom stereocenters. The van der Waals surface area contributed by atoms with E-state index in [1.54, 1.807) is 12.0 Å². The maximum absolute atomic E-state index is 12.3. The maximum Gasteiger partial charge on any atom is 0.275 e. The molecule has 5 nitrogen and oxygen atoms in total. The molecule has 0 saturated carbocycles. The molecular weight excluding hydrogens is 362 g/mol. The summed E-state index contributed by atoms with van der Waals surface area (Å²) in [6, 6.07) is 14.8. The Morgan fingerprint density at radius 2 is 1.72 bits per heavy atom. The molecule has 5 heteroatoms. The number of amides is 1. The monoisotopic (exact) mass is 397 g/mol. The number of methoxy groups -OCH3 is 1. The van der Waals surface area contributed by atoms with Gasteiger partial charge in [0.2, 0.25) is 0 Å². The zero-order valence-electron chi connectivity index (χ0n) is 18.0. The van der Waals surface area contributed by atoms with Gasteiger partial charge in [-0.15, -0.1) is 0 Å². The van der Waals surface area contributed by atoms with E-state index in [1.807, 2.05) is 0 Å². The summed E-state index contributed by atoms with van der Waals surface area (Å²) in [5, 5.41) is 3.09. The number of rotatable bonds is 8. The SMILES string of the molecule is COc1ccc(C)cc1C[NH+]1CC[NH+](CC(=O)NCCc2ccccc2C)CC1. The molecule has 1 saturated heterocycles. The van der Waals surface area contributed by atoms with E-state index < -0.39 is 0 Å². The molecule has 0 radical (unpaired) electrons. The van der Waals surface area contributed by atoms with Crippen molar-refractivity contribution in [3.8, 4) is 5.75 Å². The lowest BCUT2D eigenvalue weighted by molar-refractivity contribution is -1.02. The summed E-state index contributed by atoms with van der Waals surface area (Å²) in [4.78, 5) is 15.3. The number of piperazine rings is 1. The molecule has 2 aromatic rings. The van der Waals surface area contributed by atoms with Crippen molar-refractivity contribution < 1.29 is 19.3 Å². The van der Waals surface area contributed by atoms with Crippen LogP contribution in [0.3, 0.4) is 0 Å². The Morgan fingerprint density at radius 3 is 2.45 bits per heavy atom. The number of ether oxygens (including phenoxy) is 1. The lowest BCUT2D eigenvalue weighted by Gasteiger charge is -2.29. The highest BCUT2D eigenvalue weighted by atomic mass is 16.5. The average molecular weight is 398 g/mol. The zero-order chi connectivity index (χ0) is 20.6. The van der Waals surface area contributed by atoms with Crippen LogP contribution in [0.15, 0.2) is 42.5 Å². The first-order valence-corrected chi connectivity index (χ1v) is 10.7. The van der Waals surface area contributed by atoms with Gasteiger partial charge < -0.3 is 19.9 Å². The third-order valence-corrected chi connectivity index (χ3v) is 5.93. The van der Waals surface area contributed by atoms with Gasteiger partial charge in [-0.2, -0.15) is 0 Å². The minimum atomic E-state index is 0.164. The predicted octanol–water partition coefficient (Wildman–Crippen LogP) is -0.0457. The molecule has 29 heavy (non-hydrogen) atoms. The molecule has 3 N–H and O–H groups in total. The predicted molar refractivity (Wildman–Crippen MR) is 116 cm³/mol. The second-order valence-electron chi connectivity index (χ2n) is 8.20. The van der Waals surface area contributed by atoms with Crippen molar-refractivity contribution >= 4 is 5.91 Å². The number of hydrogen-bond donors (Lipinski definition) is 3. The van der Waals surface area contributed by atoms with E-state index in [9.17, 15) is 4.79 Å². The molecule has 1 amide bonds. The van der Waals surface area contributed by atoms with Crippen LogP contribution in [-0.2, 0) is 17.8 Å². The molecule has 2 aromatic carbocycles. The van der Waals surface area contributed by atoms with E-state index >= 15 is 0 Å². The van der Waals surface area contributed by atoms with Crippen LogP contribution < -0.4 is 19.9 Å². The summed E-state index contributed by atoms with van der Waals surface area (Å²) in [5.74, 6) is 1.14. The molecular formula is C24H35N3O2+2. The minimum absolute atomic E-state index is 0.164. The third-order valence-electron chi connectivity index (χ3n) is 5.93. The molecule has 0 spiro atoms. The van der Waals surface area contributed by atoms with Gasteiger partial charge in [0.1, 0.15) is 38.5 Å². The highest BCUT2D eigenvalue weighted by Crippen LogP contribution is 2.18. The standard InChI is InChI=1S/C24H33N3O2/c1-19-8-9-23(29-3)22(16-19)17-26-12-14-27(15-13-26)18-24(28)25-11-10-21-7-5-4-6-20(21)2/h4-9,16H,10-15,17-18H2,1-3H3,(H,25,28)/p+2. The summed E-state index contributed by atoms with van der Waals surface area (Å²) in [7, 11) is 1.74. The van der Waals surface area contributed by atoms with Gasteiger partial charge in [0.25, 0.3) is 5.91 Å². The summed E-state index contributed by atoms with van der Waals surface area (Å²) in [6.45, 7) is 10.8. The molecule has 3 rings (SSSR count). The van der Waals surface area contributed by atoms with E-state index in [4.69, 9.17) is 4.74 Å². The van der Waals surface area contributed by atoms with Gasteiger partial charge in [-0.05, 0) is 43.5 Å². The summed E-state index contributed by atoms with van der Waals surface area (Å²) in [6.07, 6.45) is 0.893. The second-order valence-corrected chi connectivity index (χ2v) is 8.20. The Balaban J connectivity index is 1.39. The first-order chi connectivity index (χ1) is 14.0. The number of nitrogens with one attached hydrogen (secondary N) is 3. The van der Waals surface area contributed by atoms with Gasteiger partial charge in [-0.1, -0.05) is 35.9 Å². The average Bonchev–Trinajstić information content (AvgIpc) is 2.71. The van der Waals surface area contributed by atoms with E-state index in [-0.39, 0.29) is 5.91 Å². The minimum Gasteiger partial charge on any atom is -0.496 e. The van der Waals surface area contributed by atoms with Crippen molar-refractivity contribution in [2.75, 3.05) is 46.4 Å². The van der Waals surface area contributed by atoms with E-state index in [0.717, 1.165) is 44.9 Å². The highest BCUT2D eigenvalue weighted by Gasteiger charge is 2.25. The molecule has 1 aliphatic heterocycles. The Morgan fingerprint density at radius 1 is 1.00 bits per heavy atom. The Kier molecular flexibility index (Phi) is 7.67. The van der Waals surface area contributed by atoms with Gasteiger partial charge in [0, 0.05) is 12.1 Å². The fraction of sp³-hybridized carbons (Fsp3) is 0.458. The Bertz CT molecular complexity index is 814. The first-order valence-electron chi connectivity index (χ1n) is 10.7.